The number of aryl methyl sites for hydroxylation is 1. The summed E-state index contributed by atoms with van der Waals surface area (Å²) in [7, 11) is 0. The van der Waals surface area contributed by atoms with Crippen molar-refractivity contribution >= 4 is 17.3 Å². The summed E-state index contributed by atoms with van der Waals surface area (Å²) in [6.45, 7) is 7.32. The molecule has 3 heterocycles. The number of ether oxygens (including phenoxy) is 2. The predicted octanol–water partition coefficient (Wildman–Crippen LogP) is 3.97. The van der Waals surface area contributed by atoms with Crippen LogP contribution >= 0.6 is 0 Å². The van der Waals surface area contributed by atoms with Crippen molar-refractivity contribution in [3.8, 4) is 11.1 Å². The summed E-state index contributed by atoms with van der Waals surface area (Å²) in [5.74, 6) is 0.605. The number of rotatable bonds is 6. The third-order valence-electron chi connectivity index (χ3n) is 5.20. The number of morpholine rings is 1. The molecule has 6 heteroatoms. The first-order valence-corrected chi connectivity index (χ1v) is 10.3. The molecule has 0 amide bonds. The average molecular weight is 393 g/mol. The maximum atomic E-state index is 12.8. The monoisotopic (exact) mass is 393 g/mol. The summed E-state index contributed by atoms with van der Waals surface area (Å²) < 4.78 is 12.8. The van der Waals surface area contributed by atoms with Gasteiger partial charge in [-0.3, -0.25) is 0 Å². The summed E-state index contributed by atoms with van der Waals surface area (Å²) in [6.07, 6.45) is 1.81. The van der Waals surface area contributed by atoms with Gasteiger partial charge in [0.1, 0.15) is 5.82 Å². The number of carbonyl (C=O) groups excluding carboxylic acids is 1. The van der Waals surface area contributed by atoms with Crippen LogP contribution < -0.4 is 4.90 Å². The highest BCUT2D eigenvalue weighted by molar-refractivity contribution is 6.02. The number of hydrogen-bond donors (Lipinski definition) is 0. The van der Waals surface area contributed by atoms with Gasteiger partial charge in [-0.2, -0.15) is 5.10 Å². The predicted molar refractivity (Wildman–Crippen MR) is 114 cm³/mol. The second kappa shape index (κ2) is 8.66. The Bertz CT molecular complexity index is 992. The Morgan fingerprint density at radius 2 is 1.90 bits per heavy atom. The van der Waals surface area contributed by atoms with E-state index in [1.807, 2.05) is 35.7 Å². The van der Waals surface area contributed by atoms with E-state index in [0.29, 0.717) is 25.4 Å². The molecular formula is C23H27N3O3. The van der Waals surface area contributed by atoms with E-state index in [1.54, 1.807) is 0 Å². The van der Waals surface area contributed by atoms with Crippen molar-refractivity contribution in [2.75, 3.05) is 37.8 Å². The van der Waals surface area contributed by atoms with Crippen molar-refractivity contribution < 1.29 is 14.3 Å². The van der Waals surface area contributed by atoms with E-state index in [-0.39, 0.29) is 5.97 Å². The minimum absolute atomic E-state index is 0.301. The zero-order valence-electron chi connectivity index (χ0n) is 17.1. The zero-order valence-corrected chi connectivity index (χ0v) is 17.1. The molecule has 0 aliphatic carbocycles. The Kier molecular flexibility index (Phi) is 5.81. The van der Waals surface area contributed by atoms with Gasteiger partial charge in [-0.15, -0.1) is 0 Å². The molecule has 0 atom stereocenters. The van der Waals surface area contributed by atoms with Crippen molar-refractivity contribution in [2.45, 2.75) is 26.7 Å². The largest absolute Gasteiger partial charge is 0.462 e. The highest BCUT2D eigenvalue weighted by Crippen LogP contribution is 2.33. The van der Waals surface area contributed by atoms with Gasteiger partial charge in [-0.1, -0.05) is 43.7 Å². The van der Waals surface area contributed by atoms with Gasteiger partial charge in [-0.25, -0.2) is 9.31 Å². The second-order valence-electron chi connectivity index (χ2n) is 7.16. The molecule has 1 aliphatic rings. The summed E-state index contributed by atoms with van der Waals surface area (Å²) in [5.41, 5.74) is 4.47. The van der Waals surface area contributed by atoms with Gasteiger partial charge >= 0.3 is 5.97 Å². The SMILES string of the molecule is CCCc1cc(C(=O)OCC)c2c(-c3ccccc3)cc(N3CCOCC3)nn12. The highest BCUT2D eigenvalue weighted by Gasteiger charge is 2.23. The number of carbonyl (C=O) groups is 1. The quantitative estimate of drug-likeness (QED) is 0.593. The Hall–Kier alpha value is -2.86. The summed E-state index contributed by atoms with van der Waals surface area (Å²) >= 11 is 0. The fourth-order valence-electron chi connectivity index (χ4n) is 3.84. The fraction of sp³-hybridized carbons (Fsp3) is 0.391. The van der Waals surface area contributed by atoms with Crippen molar-refractivity contribution in [3.63, 3.8) is 0 Å². The maximum absolute atomic E-state index is 12.8. The van der Waals surface area contributed by atoms with Gasteiger partial charge in [0.15, 0.2) is 0 Å². The number of hydrogen-bond acceptors (Lipinski definition) is 5. The Morgan fingerprint density at radius 3 is 2.59 bits per heavy atom. The molecule has 1 aliphatic heterocycles. The lowest BCUT2D eigenvalue weighted by molar-refractivity contribution is 0.0528. The molecule has 6 nitrogen and oxygen atoms in total. The van der Waals surface area contributed by atoms with E-state index in [0.717, 1.165) is 54.1 Å². The van der Waals surface area contributed by atoms with Crippen LogP contribution in [0.5, 0.6) is 0 Å². The minimum atomic E-state index is -0.301. The Morgan fingerprint density at radius 1 is 1.14 bits per heavy atom. The smallest absolute Gasteiger partial charge is 0.340 e. The van der Waals surface area contributed by atoms with Gasteiger partial charge in [0.2, 0.25) is 0 Å². The fourth-order valence-corrected chi connectivity index (χ4v) is 3.84. The van der Waals surface area contributed by atoms with Crippen LogP contribution in [0.4, 0.5) is 5.82 Å². The lowest BCUT2D eigenvalue weighted by atomic mass is 10.0. The molecule has 2 aromatic heterocycles. The number of fused-ring (bicyclic) bond motifs is 1. The number of nitrogens with zero attached hydrogens (tertiary/aromatic N) is 3. The third-order valence-corrected chi connectivity index (χ3v) is 5.20. The van der Waals surface area contributed by atoms with E-state index in [9.17, 15) is 4.79 Å². The van der Waals surface area contributed by atoms with Crippen LogP contribution in [0.2, 0.25) is 0 Å². The van der Waals surface area contributed by atoms with Gasteiger partial charge in [0.25, 0.3) is 0 Å². The van der Waals surface area contributed by atoms with Crippen molar-refractivity contribution in [1.29, 1.82) is 0 Å². The standard InChI is InChI=1S/C23H27N3O3/c1-3-8-18-15-20(23(27)29-4-2)22-19(17-9-6-5-7-10-17)16-21(24-26(18)22)25-11-13-28-14-12-25/h5-7,9-10,15-16H,3-4,8,11-14H2,1-2H3. The first kappa shape index (κ1) is 19.5. The summed E-state index contributed by atoms with van der Waals surface area (Å²) in [6, 6.07) is 14.2. The van der Waals surface area contributed by atoms with Gasteiger partial charge in [0, 0.05) is 24.3 Å². The number of benzene rings is 1. The molecule has 0 bridgehead atoms. The van der Waals surface area contributed by atoms with Crippen molar-refractivity contribution in [1.82, 2.24) is 9.61 Å². The Labute approximate surface area is 171 Å². The molecule has 1 aromatic carbocycles. The molecular weight excluding hydrogens is 366 g/mol. The zero-order chi connectivity index (χ0) is 20.2. The van der Waals surface area contributed by atoms with Crippen LogP contribution in [-0.2, 0) is 15.9 Å². The van der Waals surface area contributed by atoms with Crippen molar-refractivity contribution in [2.24, 2.45) is 0 Å². The first-order valence-electron chi connectivity index (χ1n) is 10.3. The Balaban J connectivity index is 1.97. The lowest BCUT2D eigenvalue weighted by Crippen LogP contribution is -2.37. The normalized spacial score (nSPS) is 14.3. The van der Waals surface area contributed by atoms with E-state index >= 15 is 0 Å². The van der Waals surface area contributed by atoms with Gasteiger partial charge < -0.3 is 14.4 Å². The molecule has 0 unspecified atom stereocenters. The third kappa shape index (κ3) is 3.85. The molecule has 29 heavy (non-hydrogen) atoms. The van der Waals surface area contributed by atoms with Crippen LogP contribution in [-0.4, -0.2) is 48.5 Å². The molecule has 152 valence electrons. The molecule has 0 saturated carbocycles. The van der Waals surface area contributed by atoms with E-state index in [4.69, 9.17) is 14.6 Å². The number of esters is 1. The van der Waals surface area contributed by atoms with Crippen LogP contribution in [0.25, 0.3) is 16.6 Å². The maximum Gasteiger partial charge on any atom is 0.340 e. The van der Waals surface area contributed by atoms with Crippen LogP contribution in [0, 0.1) is 0 Å². The topological polar surface area (TPSA) is 56.1 Å². The van der Waals surface area contributed by atoms with Crippen LogP contribution in [0.1, 0.15) is 36.3 Å². The second-order valence-corrected chi connectivity index (χ2v) is 7.16. The van der Waals surface area contributed by atoms with Crippen molar-refractivity contribution in [3.05, 3.63) is 53.7 Å². The van der Waals surface area contributed by atoms with Crippen LogP contribution in [0.15, 0.2) is 42.5 Å². The number of aromatic nitrogens is 2. The number of anilines is 1. The van der Waals surface area contributed by atoms with Gasteiger partial charge in [-0.05, 0) is 31.0 Å². The lowest BCUT2D eigenvalue weighted by Gasteiger charge is -2.28. The summed E-state index contributed by atoms with van der Waals surface area (Å²) in [5, 5.41) is 4.95. The van der Waals surface area contributed by atoms with E-state index in [2.05, 4.69) is 30.0 Å². The molecule has 1 saturated heterocycles. The van der Waals surface area contributed by atoms with Crippen LogP contribution in [0.3, 0.4) is 0 Å². The summed E-state index contributed by atoms with van der Waals surface area (Å²) in [4.78, 5) is 15.0. The molecule has 4 rings (SSSR count). The van der Waals surface area contributed by atoms with Gasteiger partial charge in [0.05, 0.1) is 30.9 Å². The molecule has 0 spiro atoms. The molecule has 3 aromatic rings. The molecule has 0 N–H and O–H groups in total. The van der Waals surface area contributed by atoms with E-state index < -0.39 is 0 Å². The highest BCUT2D eigenvalue weighted by atomic mass is 16.5. The average Bonchev–Trinajstić information content (AvgIpc) is 3.13. The first-order chi connectivity index (χ1) is 14.2. The molecule has 0 radical (unpaired) electrons. The molecule has 1 fully saturated rings. The minimum Gasteiger partial charge on any atom is -0.462 e. The van der Waals surface area contributed by atoms with E-state index in [1.165, 1.54) is 0 Å².